The maximum Gasteiger partial charge on any atom is 0.227 e. The third-order valence-electron chi connectivity index (χ3n) is 4.83. The first-order valence-corrected chi connectivity index (χ1v) is 8.28. The minimum absolute atomic E-state index is 0.00514. The van der Waals surface area contributed by atoms with Crippen LogP contribution in [0.25, 0.3) is 0 Å². The molecule has 0 spiro atoms. The van der Waals surface area contributed by atoms with Crippen molar-refractivity contribution in [3.63, 3.8) is 0 Å². The first kappa shape index (κ1) is 15.5. The van der Waals surface area contributed by atoms with E-state index in [9.17, 15) is 4.79 Å². The first-order chi connectivity index (χ1) is 10.7. The number of aromatic nitrogens is 2. The molecule has 22 heavy (non-hydrogen) atoms. The summed E-state index contributed by atoms with van der Waals surface area (Å²) in [5, 5.41) is 7.62. The minimum Gasteiger partial charge on any atom is -0.376 e. The molecule has 1 aromatic heterocycles. The van der Waals surface area contributed by atoms with Gasteiger partial charge in [0.05, 0.1) is 18.2 Å². The van der Waals surface area contributed by atoms with Crippen LogP contribution in [0, 0.1) is 5.92 Å². The summed E-state index contributed by atoms with van der Waals surface area (Å²) in [5.41, 5.74) is 1.15. The number of carbonyl (C=O) groups excluding carboxylic acids is 1. The quantitative estimate of drug-likeness (QED) is 0.872. The Morgan fingerprint density at radius 2 is 2.41 bits per heavy atom. The third kappa shape index (κ3) is 3.17. The van der Waals surface area contributed by atoms with E-state index in [2.05, 4.69) is 10.4 Å². The Hall–Kier alpha value is -1.40. The monoisotopic (exact) mass is 306 g/mol. The predicted octanol–water partition coefficient (Wildman–Crippen LogP) is 0.751. The van der Waals surface area contributed by atoms with Crippen molar-refractivity contribution in [3.05, 3.63) is 18.0 Å². The number of amides is 1. The van der Waals surface area contributed by atoms with Crippen molar-refractivity contribution in [2.45, 2.75) is 31.8 Å². The molecule has 6 nitrogen and oxygen atoms in total. The van der Waals surface area contributed by atoms with Crippen LogP contribution < -0.4 is 5.32 Å². The highest BCUT2D eigenvalue weighted by Gasteiger charge is 2.37. The van der Waals surface area contributed by atoms with Crippen molar-refractivity contribution < 1.29 is 9.53 Å². The number of hydrogen-bond acceptors (Lipinski definition) is 4. The largest absolute Gasteiger partial charge is 0.376 e. The van der Waals surface area contributed by atoms with Crippen LogP contribution in [0.2, 0.25) is 0 Å². The van der Waals surface area contributed by atoms with Gasteiger partial charge in [-0.3, -0.25) is 9.48 Å². The van der Waals surface area contributed by atoms with Crippen molar-refractivity contribution >= 4 is 5.91 Å². The number of hydrogen-bond donors (Lipinski definition) is 1. The molecule has 2 aliphatic heterocycles. The lowest BCUT2D eigenvalue weighted by Gasteiger charge is -2.28. The van der Waals surface area contributed by atoms with E-state index in [1.807, 2.05) is 31.3 Å². The van der Waals surface area contributed by atoms with Crippen molar-refractivity contribution in [2.24, 2.45) is 13.0 Å². The van der Waals surface area contributed by atoms with E-state index in [4.69, 9.17) is 4.74 Å². The van der Waals surface area contributed by atoms with Gasteiger partial charge in [-0.15, -0.1) is 0 Å². The van der Waals surface area contributed by atoms with Gasteiger partial charge < -0.3 is 15.0 Å². The van der Waals surface area contributed by atoms with Crippen LogP contribution in [0.5, 0.6) is 0 Å². The second-order valence-corrected chi connectivity index (χ2v) is 6.33. The molecule has 2 aliphatic rings. The molecule has 1 N–H and O–H groups in total. The fraction of sp³-hybridized carbons (Fsp3) is 0.750. The fourth-order valence-electron chi connectivity index (χ4n) is 3.56. The molecule has 0 aliphatic carbocycles. The van der Waals surface area contributed by atoms with E-state index >= 15 is 0 Å². The molecule has 6 heteroatoms. The summed E-state index contributed by atoms with van der Waals surface area (Å²) in [7, 11) is 1.92. The van der Waals surface area contributed by atoms with E-state index in [1.54, 1.807) is 4.68 Å². The van der Waals surface area contributed by atoms with Crippen LogP contribution in [0.4, 0.5) is 0 Å². The van der Waals surface area contributed by atoms with Crippen molar-refractivity contribution in [2.75, 3.05) is 32.8 Å². The number of nitrogens with one attached hydrogen (secondary N) is 1. The number of rotatable bonds is 5. The Bertz CT molecular complexity index is 510. The third-order valence-corrected chi connectivity index (χ3v) is 4.83. The second kappa shape index (κ2) is 6.79. The number of nitrogens with zero attached hydrogens (tertiary/aromatic N) is 3. The van der Waals surface area contributed by atoms with Gasteiger partial charge in [-0.1, -0.05) is 0 Å². The molecule has 0 radical (unpaired) electrons. The van der Waals surface area contributed by atoms with Crippen molar-refractivity contribution in [1.29, 1.82) is 0 Å². The van der Waals surface area contributed by atoms with E-state index in [0.717, 1.165) is 51.2 Å². The minimum atomic E-state index is 0.00514. The van der Waals surface area contributed by atoms with Gasteiger partial charge in [0.15, 0.2) is 0 Å². The summed E-state index contributed by atoms with van der Waals surface area (Å²) >= 11 is 0. The van der Waals surface area contributed by atoms with Gasteiger partial charge in [-0.25, -0.2) is 0 Å². The first-order valence-electron chi connectivity index (χ1n) is 8.28. The number of aryl methyl sites for hydroxylation is 1. The molecule has 0 saturated carbocycles. The van der Waals surface area contributed by atoms with Gasteiger partial charge >= 0.3 is 0 Å². The molecular formula is C16H26N4O2. The molecule has 3 rings (SSSR count). The van der Waals surface area contributed by atoms with E-state index in [0.29, 0.717) is 0 Å². The maximum atomic E-state index is 13.0. The summed E-state index contributed by atoms with van der Waals surface area (Å²) in [6.07, 6.45) is 6.30. The van der Waals surface area contributed by atoms with Crippen LogP contribution >= 0.6 is 0 Å². The lowest BCUT2D eigenvalue weighted by Crippen LogP contribution is -2.42. The summed E-state index contributed by atoms with van der Waals surface area (Å²) in [6.45, 7) is 5.95. The Balaban J connectivity index is 1.68. The van der Waals surface area contributed by atoms with Crippen molar-refractivity contribution in [3.8, 4) is 0 Å². The van der Waals surface area contributed by atoms with E-state index in [1.165, 1.54) is 0 Å². The normalized spacial score (nSPS) is 28.2. The molecule has 3 atom stereocenters. The molecular weight excluding hydrogens is 280 g/mol. The van der Waals surface area contributed by atoms with Gasteiger partial charge in [0.1, 0.15) is 0 Å². The van der Waals surface area contributed by atoms with Gasteiger partial charge in [0.2, 0.25) is 5.91 Å². The zero-order valence-corrected chi connectivity index (χ0v) is 13.5. The number of ether oxygens (including phenoxy) is 1. The molecule has 122 valence electrons. The number of carbonyl (C=O) groups is 1. The van der Waals surface area contributed by atoms with Gasteiger partial charge in [-0.05, 0) is 25.3 Å². The molecule has 2 fully saturated rings. The zero-order valence-electron chi connectivity index (χ0n) is 13.5. The molecule has 0 bridgehead atoms. The molecule has 1 aromatic rings. The molecule has 2 saturated heterocycles. The zero-order chi connectivity index (χ0) is 15.5. The Labute approximate surface area is 131 Å². The lowest BCUT2D eigenvalue weighted by atomic mass is 9.89. The topological polar surface area (TPSA) is 59.4 Å². The SMILES string of the molecule is CCN(CC1CCCO1)C(=O)[C@H]1CNC[C@@H]1c1cnn(C)c1. The molecule has 0 aromatic carbocycles. The smallest absolute Gasteiger partial charge is 0.227 e. The summed E-state index contributed by atoms with van der Waals surface area (Å²) < 4.78 is 7.49. The molecule has 1 amide bonds. The second-order valence-electron chi connectivity index (χ2n) is 6.33. The Morgan fingerprint density at radius 3 is 3.05 bits per heavy atom. The fourth-order valence-corrected chi connectivity index (χ4v) is 3.56. The summed E-state index contributed by atoms with van der Waals surface area (Å²) in [5.74, 6) is 0.474. The Kier molecular flexibility index (Phi) is 4.78. The average Bonchev–Trinajstić information content (AvgIpc) is 3.24. The highest BCUT2D eigenvalue weighted by molar-refractivity contribution is 5.80. The standard InChI is InChI=1S/C16H26N4O2/c1-3-20(11-13-5-4-6-22-13)16(21)15-9-17-8-14(15)12-7-18-19(2)10-12/h7,10,13-15,17H,3-6,8-9,11H2,1-2H3/t13?,14-,15+/m1/s1. The predicted molar refractivity (Wildman–Crippen MR) is 83.5 cm³/mol. The highest BCUT2D eigenvalue weighted by Crippen LogP contribution is 2.29. The van der Waals surface area contributed by atoms with Gasteiger partial charge in [0.25, 0.3) is 0 Å². The van der Waals surface area contributed by atoms with Crippen molar-refractivity contribution in [1.82, 2.24) is 20.0 Å². The van der Waals surface area contributed by atoms with Gasteiger partial charge in [-0.2, -0.15) is 5.10 Å². The van der Waals surface area contributed by atoms with Crippen LogP contribution in [0.15, 0.2) is 12.4 Å². The van der Waals surface area contributed by atoms with Crippen LogP contribution in [0.1, 0.15) is 31.2 Å². The van der Waals surface area contributed by atoms with Gasteiger partial charge in [0, 0.05) is 51.9 Å². The van der Waals surface area contributed by atoms with E-state index in [-0.39, 0.29) is 23.8 Å². The maximum absolute atomic E-state index is 13.0. The van der Waals surface area contributed by atoms with Crippen LogP contribution in [0.3, 0.4) is 0 Å². The van der Waals surface area contributed by atoms with Crippen LogP contribution in [-0.2, 0) is 16.6 Å². The van der Waals surface area contributed by atoms with E-state index < -0.39 is 0 Å². The molecule has 3 heterocycles. The average molecular weight is 306 g/mol. The highest BCUT2D eigenvalue weighted by atomic mass is 16.5. The van der Waals surface area contributed by atoms with Crippen LogP contribution in [-0.4, -0.2) is 59.5 Å². The number of likely N-dealkylation sites (N-methyl/N-ethyl adjacent to an activating group) is 1. The lowest BCUT2D eigenvalue weighted by molar-refractivity contribution is -0.136. The summed E-state index contributed by atoms with van der Waals surface area (Å²) in [4.78, 5) is 14.9. The Morgan fingerprint density at radius 1 is 1.55 bits per heavy atom. The molecule has 1 unspecified atom stereocenters. The summed E-state index contributed by atoms with van der Waals surface area (Å²) in [6, 6.07) is 0.